The van der Waals surface area contributed by atoms with E-state index in [0.717, 1.165) is 70.3 Å². The molecule has 16 rings (SSSR count). The van der Waals surface area contributed by atoms with Crippen molar-refractivity contribution in [3.63, 3.8) is 0 Å². The summed E-state index contributed by atoms with van der Waals surface area (Å²) in [5.74, 6) is -1.13. The van der Waals surface area contributed by atoms with Crippen molar-refractivity contribution in [1.29, 1.82) is 0 Å². The summed E-state index contributed by atoms with van der Waals surface area (Å²) in [5.41, 5.74) is 7.12. The summed E-state index contributed by atoms with van der Waals surface area (Å²) in [6, 6.07) is 0. The number of methoxy groups -OCH3 is 1. The minimum absolute atomic E-state index is 0.00408. The lowest BCUT2D eigenvalue weighted by Gasteiger charge is -2.15. The van der Waals surface area contributed by atoms with Crippen molar-refractivity contribution in [2.24, 2.45) is 0 Å². The van der Waals surface area contributed by atoms with Gasteiger partial charge in [0.05, 0.1) is 78.7 Å². The van der Waals surface area contributed by atoms with E-state index in [9.17, 15) is 69.5 Å². The number of rotatable bonds is 22. The normalized spacial score (nSPS) is 29.2. The predicted molar refractivity (Wildman–Crippen MR) is 395 cm³/mol. The molecule has 0 aromatic rings. The fourth-order valence-corrected chi connectivity index (χ4v) is 15.1. The van der Waals surface area contributed by atoms with Crippen LogP contribution in [-0.2, 0) is 95.3 Å². The molecule has 0 aliphatic carbocycles. The Balaban J connectivity index is 0.000000146. The predicted octanol–water partition coefficient (Wildman–Crippen LogP) is 13.9. The monoisotopic (exact) mass is 1550 g/mol. The number of fused-ring (bicyclic) bond motifs is 16. The van der Waals surface area contributed by atoms with Gasteiger partial charge in [-0.15, -0.1) is 0 Å². The number of ketones is 6. The van der Waals surface area contributed by atoms with Crippen LogP contribution in [0.1, 0.15) is 154 Å². The second-order valence-corrected chi connectivity index (χ2v) is 28.0. The molecule has 0 aromatic heterocycles. The Morgan fingerprint density at radius 3 is 0.919 bits per heavy atom. The second-order valence-electron chi connectivity index (χ2n) is 28.0. The molecule has 0 saturated carbocycles. The summed E-state index contributed by atoms with van der Waals surface area (Å²) in [4.78, 5) is 104. The van der Waals surface area contributed by atoms with E-state index in [4.69, 9.17) is 42.6 Å². The van der Waals surface area contributed by atoms with E-state index < -0.39 is 77.3 Å². The maximum Gasteiger partial charge on any atom is 0.416 e. The summed E-state index contributed by atoms with van der Waals surface area (Å²) in [7, 11) is 1.31. The van der Waals surface area contributed by atoms with Crippen molar-refractivity contribution >= 4 is 52.6 Å². The molecule has 26 heteroatoms. The lowest BCUT2D eigenvalue weighted by Crippen LogP contribution is -2.25. The SMILES string of the molecule is CCC(=O)C1=C(C)C2C=CC1O2.CCCC(=O)C1=C(C(=O)OC)C2C=CC1O2.CCCC(=O)C1=C(C(F)(F)F)C2C=CC1O2.CCCC(=O)C1=C(C)C2C=CC1O2.CCCC(=O)C1=C(C)C2C=CC1O2.CCCC(=O)C1=CC2C=CC1O2.CCOC(=O)C1=C(C(F)(F)F)C2C=CC1O2.CCOC(=O)C1=C(C)C2C=CC1O2. The van der Waals surface area contributed by atoms with E-state index in [0.29, 0.717) is 61.9 Å². The van der Waals surface area contributed by atoms with Gasteiger partial charge in [0.1, 0.15) is 67.1 Å². The summed E-state index contributed by atoms with van der Waals surface area (Å²) in [6.07, 6.45) is 24.4. The van der Waals surface area contributed by atoms with Gasteiger partial charge in [-0.2, -0.15) is 26.3 Å². The highest BCUT2D eigenvalue weighted by Crippen LogP contribution is 2.47. The number of Topliss-reactive ketones (excluding diaryl/α,β-unsaturated/α-hetero) is 6. The average Bonchev–Trinajstić information content (AvgIpc) is 1.62. The highest BCUT2D eigenvalue weighted by atomic mass is 19.4. The van der Waals surface area contributed by atoms with E-state index in [1.54, 1.807) is 19.9 Å². The first-order valence-corrected chi connectivity index (χ1v) is 38.1. The summed E-state index contributed by atoms with van der Waals surface area (Å²) >= 11 is 0. The molecule has 111 heavy (non-hydrogen) atoms. The Bertz CT molecular complexity index is 3970. The second kappa shape index (κ2) is 37.9. The van der Waals surface area contributed by atoms with Crippen molar-refractivity contribution in [2.75, 3.05) is 20.3 Å². The molecule has 0 fully saturated rings. The maximum absolute atomic E-state index is 12.7. The topological polar surface area (TPSA) is 255 Å². The highest BCUT2D eigenvalue weighted by molar-refractivity contribution is 6.07. The molecule has 16 heterocycles. The first-order chi connectivity index (χ1) is 52.8. The quantitative estimate of drug-likeness (QED) is 0.0422. The molecular formula is C85H98F6O20. The van der Waals surface area contributed by atoms with Gasteiger partial charge in [0.2, 0.25) is 0 Å². The van der Waals surface area contributed by atoms with Crippen LogP contribution in [-0.4, -0.2) is 183 Å². The molecule has 16 bridgehead atoms. The number of hydrogen-bond donors (Lipinski definition) is 0. The number of hydrogen-bond acceptors (Lipinski definition) is 20. The molecule has 0 aromatic carbocycles. The summed E-state index contributed by atoms with van der Waals surface area (Å²) < 4.78 is 134. The zero-order valence-corrected chi connectivity index (χ0v) is 64.7. The lowest BCUT2D eigenvalue weighted by molar-refractivity contribution is -0.140. The zero-order valence-electron chi connectivity index (χ0n) is 64.7. The molecule has 16 unspecified atom stereocenters. The van der Waals surface area contributed by atoms with E-state index in [2.05, 4.69) is 9.47 Å². The highest BCUT2D eigenvalue weighted by Gasteiger charge is 2.53. The van der Waals surface area contributed by atoms with Crippen LogP contribution in [0.2, 0.25) is 0 Å². The fourth-order valence-electron chi connectivity index (χ4n) is 15.1. The van der Waals surface area contributed by atoms with Crippen molar-refractivity contribution in [2.45, 2.75) is 264 Å². The first-order valence-electron chi connectivity index (χ1n) is 38.1. The van der Waals surface area contributed by atoms with Crippen LogP contribution in [0.25, 0.3) is 0 Å². The largest absolute Gasteiger partial charge is 0.466 e. The maximum atomic E-state index is 12.7. The molecule has 0 saturated heterocycles. The van der Waals surface area contributed by atoms with E-state index in [1.165, 1.54) is 38.3 Å². The van der Waals surface area contributed by atoms with Gasteiger partial charge >= 0.3 is 30.3 Å². The molecule has 16 aliphatic rings. The zero-order chi connectivity index (χ0) is 81.1. The average molecular weight is 1550 g/mol. The van der Waals surface area contributed by atoms with E-state index >= 15 is 0 Å². The van der Waals surface area contributed by atoms with Gasteiger partial charge in [0.25, 0.3) is 0 Å². The van der Waals surface area contributed by atoms with Crippen molar-refractivity contribution in [3.8, 4) is 0 Å². The van der Waals surface area contributed by atoms with Gasteiger partial charge in [0, 0.05) is 72.0 Å². The van der Waals surface area contributed by atoms with Gasteiger partial charge in [-0.3, -0.25) is 28.8 Å². The standard InChI is InChI=1S/C12H14O4.C11H11F3O2.2C11H14O2.C10H9F3O3.C10H12O3.2C10H12O2/c1-3-4-7(13)10-8-5-6-9(16-8)11(10)12(14)15-2;1-2-3-6(15)9-7-4-5-8(16-7)10(9)11(12,13)14;2*1-3-4-8(12)11-7(2)9-5-6-10(11)13-9;1-2-15-9(14)7-5-3-4-6(16-5)8(7)10(11,12)13;1-3-12-10(11)9-6(2)7-4-5-8(9)13-7;1-3-7(11)10-6(2)8-4-5-9(10)12-8;1-2-3-9(11)8-6-7-4-5-10(8)12-7/h5-6,8-9H,3-4H2,1-2H3;4-5,7-8H,2-3H2,1H3;2*5-6,9-10H,3-4H2,1-2H3;3-6H,2H2,1H3;4-5,7-8H,3H2,1-2H3;4-5,8-9H,3H2,1-2H3;4-7,10H,2-3H2,1H3. The minimum atomic E-state index is -4.56. The van der Waals surface area contributed by atoms with Gasteiger partial charge in [-0.05, 0) is 102 Å². The molecule has 0 spiro atoms. The smallest absolute Gasteiger partial charge is 0.416 e. The third kappa shape index (κ3) is 19.3. The first kappa shape index (κ1) is 86.5. The minimum Gasteiger partial charge on any atom is -0.466 e. The molecule has 16 aliphatic heterocycles. The number of ether oxygens (including phenoxy) is 11. The van der Waals surface area contributed by atoms with Crippen LogP contribution in [0.5, 0.6) is 0 Å². The van der Waals surface area contributed by atoms with Gasteiger partial charge in [-0.25, -0.2) is 14.4 Å². The number of esters is 3. The summed E-state index contributed by atoms with van der Waals surface area (Å²) in [6.45, 7) is 23.3. The number of alkyl halides is 6. The molecule has 0 radical (unpaired) electrons. The molecule has 20 nitrogen and oxygen atoms in total. The molecule has 0 amide bonds. The molecule has 0 N–H and O–H groups in total. The van der Waals surface area contributed by atoms with Crippen LogP contribution in [0.4, 0.5) is 26.3 Å². The van der Waals surface area contributed by atoms with E-state index in [-0.39, 0.29) is 121 Å². The number of carbonyl (C=O) groups is 9. The number of carbonyl (C=O) groups excluding carboxylic acids is 9. The Kier molecular flexibility index (Phi) is 29.5. The lowest BCUT2D eigenvalue weighted by atomic mass is 9.92. The summed E-state index contributed by atoms with van der Waals surface area (Å²) in [5, 5.41) is 0. The Morgan fingerprint density at radius 2 is 0.586 bits per heavy atom. The van der Waals surface area contributed by atoms with Gasteiger partial charge in [-0.1, -0.05) is 139 Å². The van der Waals surface area contributed by atoms with Crippen molar-refractivity contribution in [3.05, 3.63) is 187 Å². The molecule has 16 atom stereocenters. The Morgan fingerprint density at radius 1 is 0.306 bits per heavy atom. The fraction of sp³-hybridized carbons (Fsp3) is 0.518. The van der Waals surface area contributed by atoms with Crippen LogP contribution in [0, 0.1) is 0 Å². The molecular weight excluding hydrogens is 1450 g/mol. The van der Waals surface area contributed by atoms with Crippen LogP contribution in [0.3, 0.4) is 0 Å². The van der Waals surface area contributed by atoms with Crippen LogP contribution < -0.4 is 0 Å². The third-order valence-electron chi connectivity index (χ3n) is 20.4. The third-order valence-corrected chi connectivity index (χ3v) is 20.4. The van der Waals surface area contributed by atoms with Crippen molar-refractivity contribution in [1.82, 2.24) is 0 Å². The van der Waals surface area contributed by atoms with Crippen molar-refractivity contribution < 1.29 is 122 Å². The Hall–Kier alpha value is -8.47. The van der Waals surface area contributed by atoms with Gasteiger partial charge < -0.3 is 52.1 Å². The van der Waals surface area contributed by atoms with Gasteiger partial charge in [0.15, 0.2) is 34.7 Å². The van der Waals surface area contributed by atoms with Crippen LogP contribution in [0.15, 0.2) is 187 Å². The van der Waals surface area contributed by atoms with Crippen LogP contribution >= 0.6 is 0 Å². The van der Waals surface area contributed by atoms with E-state index in [1.807, 2.05) is 135 Å². The number of halogens is 6. The Labute approximate surface area is 642 Å². The molecule has 600 valence electrons.